The van der Waals surface area contributed by atoms with Gasteiger partial charge in [-0.1, -0.05) is 87.1 Å². The van der Waals surface area contributed by atoms with E-state index in [9.17, 15) is 69.9 Å². The number of nitrogens with two attached hydrogens (primary N) is 2. The molecule has 0 aliphatic carbocycles. The molecule has 0 radical (unpaired) electrons. The van der Waals surface area contributed by atoms with E-state index >= 15 is 19.2 Å². The third-order valence-corrected chi connectivity index (χ3v) is 21.1. The molecule has 11 bridgehead atoms. The highest BCUT2D eigenvalue weighted by Crippen LogP contribution is 2.50. The van der Waals surface area contributed by atoms with Gasteiger partial charge in [0.1, 0.15) is 95.5 Å². The Morgan fingerprint density at radius 2 is 1.33 bits per heavy atom. The average molecular weight is 1650 g/mol. The molecule has 37 heteroatoms. The van der Waals surface area contributed by atoms with Crippen molar-refractivity contribution in [2.24, 2.45) is 17.4 Å². The van der Waals surface area contributed by atoms with Gasteiger partial charge in [-0.25, -0.2) is 0 Å². The normalized spacial score (nSPS) is 27.1. The Morgan fingerprint density at radius 1 is 0.698 bits per heavy atom. The van der Waals surface area contributed by atoms with Crippen LogP contribution in [0.5, 0.6) is 46.0 Å². The number of aliphatic hydroxyl groups excluding tert-OH is 6. The monoisotopic (exact) mass is 1650 g/mol. The number of ether oxygens (including phenoxy) is 6. The lowest BCUT2D eigenvalue weighted by molar-refractivity contribution is -0.333. The molecule has 7 heterocycles. The molecule has 22 N–H and O–H groups in total. The molecule has 18 atom stereocenters. The van der Waals surface area contributed by atoms with Gasteiger partial charge in [-0.3, -0.25) is 43.2 Å². The first-order valence-electron chi connectivity index (χ1n) is 37.4. The number of aryl methyl sites for hydroxylation is 1. The van der Waals surface area contributed by atoms with Crippen molar-refractivity contribution in [2.45, 2.75) is 189 Å². The van der Waals surface area contributed by atoms with E-state index in [0.29, 0.717) is 5.69 Å². The Kier molecular flexibility index (Phi) is 27.4. The molecule has 6 aromatic rings. The second kappa shape index (κ2) is 36.8. The van der Waals surface area contributed by atoms with Crippen molar-refractivity contribution in [1.29, 1.82) is 0 Å². The van der Waals surface area contributed by atoms with Crippen LogP contribution in [0.15, 0.2) is 103 Å². The summed E-state index contributed by atoms with van der Waals surface area (Å²) < 4.78 is 38.6. The van der Waals surface area contributed by atoms with Gasteiger partial charge in [0.15, 0.2) is 23.9 Å². The van der Waals surface area contributed by atoms with Gasteiger partial charge in [0.2, 0.25) is 65.2 Å². The third kappa shape index (κ3) is 19.6. The second-order valence-corrected chi connectivity index (χ2v) is 30.6. The smallest absolute Gasteiger partial charge is 0.248 e. The number of aromatic hydroxyl groups is 3. The number of aliphatic hydroxyl groups is 6. The Hall–Kier alpha value is -10.5. The molecule has 0 saturated carbocycles. The summed E-state index contributed by atoms with van der Waals surface area (Å²) in [6, 6.07) is 6.64. The van der Waals surface area contributed by atoms with Gasteiger partial charge in [-0.2, -0.15) is 0 Å². The molecule has 116 heavy (non-hydrogen) atoms. The summed E-state index contributed by atoms with van der Waals surface area (Å²) in [4.78, 5) is 134. The van der Waals surface area contributed by atoms with E-state index in [1.165, 1.54) is 33.0 Å². The van der Waals surface area contributed by atoms with Crippen LogP contribution in [-0.4, -0.2) is 198 Å². The number of amides is 9. The minimum atomic E-state index is -2.37. The summed E-state index contributed by atoms with van der Waals surface area (Å²) in [5.74, 6) is -16.1. The van der Waals surface area contributed by atoms with E-state index < -0.39 is 250 Å². The highest BCUT2D eigenvalue weighted by atomic mass is 35.5. The maximum Gasteiger partial charge on any atom is 0.248 e. The lowest BCUT2D eigenvalue weighted by Gasteiger charge is -2.47. The van der Waals surface area contributed by atoms with E-state index in [-0.39, 0.29) is 46.2 Å². The van der Waals surface area contributed by atoms with Crippen LogP contribution < -0.4 is 73.5 Å². The highest BCUT2D eigenvalue weighted by molar-refractivity contribution is 6.32. The zero-order valence-corrected chi connectivity index (χ0v) is 65.1. The summed E-state index contributed by atoms with van der Waals surface area (Å²) in [7, 11) is 1.47. The number of phenols is 3. The molecular weight excluding hydrogens is 1560 g/mol. The lowest BCUT2D eigenvalue weighted by atomic mass is 9.86. The number of likely N-dealkylation sites (N-methyl/N-ethyl adjacent to an activating group) is 1. The fraction of sp³-hybridized carbons (Fsp3) is 0.430. The van der Waals surface area contributed by atoms with E-state index in [0.717, 1.165) is 98.0 Å². The fourth-order valence-electron chi connectivity index (χ4n) is 14.3. The Bertz CT molecular complexity index is 4710. The first-order valence-corrected chi connectivity index (χ1v) is 38.2. The number of benzene rings is 6. The van der Waals surface area contributed by atoms with Crippen molar-refractivity contribution in [3.63, 3.8) is 0 Å². The minimum absolute atomic E-state index is 0.107. The van der Waals surface area contributed by atoms with Crippen LogP contribution in [0.1, 0.15) is 137 Å². The molecule has 7 aliphatic rings. The van der Waals surface area contributed by atoms with Gasteiger partial charge in [0, 0.05) is 34.8 Å². The summed E-state index contributed by atoms with van der Waals surface area (Å²) in [6.07, 6.45) is -15.0. The van der Waals surface area contributed by atoms with E-state index in [2.05, 4.69) is 54.8 Å². The number of carbonyl (C=O) groups is 9. The molecule has 3 unspecified atom stereocenters. The van der Waals surface area contributed by atoms with E-state index in [1.54, 1.807) is 12.1 Å². The molecule has 13 rings (SSSR count). The Balaban J connectivity index is 1.11. The number of primary amides is 1. The van der Waals surface area contributed by atoms with Crippen LogP contribution >= 0.6 is 23.2 Å². The summed E-state index contributed by atoms with van der Waals surface area (Å²) in [6.45, 7) is 6.97. The topological polar surface area (TPSA) is 551 Å². The molecular formula is C79H93Cl2N11O24. The largest absolute Gasteiger partial charge is 0.508 e. The van der Waals surface area contributed by atoms with Crippen molar-refractivity contribution in [1.82, 2.24) is 42.5 Å². The molecule has 2 fully saturated rings. The fourth-order valence-corrected chi connectivity index (χ4v) is 14.8. The molecule has 0 spiro atoms. The average Bonchev–Trinajstić information content (AvgIpc) is 0.764. The van der Waals surface area contributed by atoms with Gasteiger partial charge in [-0.05, 0) is 146 Å². The molecule has 7 aliphatic heterocycles. The second-order valence-electron chi connectivity index (χ2n) is 29.8. The van der Waals surface area contributed by atoms with Crippen molar-refractivity contribution in [2.75, 3.05) is 25.5 Å². The predicted octanol–water partition coefficient (Wildman–Crippen LogP) is 2.51. The van der Waals surface area contributed by atoms with Crippen LogP contribution in [0.4, 0.5) is 5.69 Å². The number of carbonyl (C=O) groups excluding carboxylic acids is 9. The van der Waals surface area contributed by atoms with Gasteiger partial charge >= 0.3 is 0 Å². The highest BCUT2D eigenvalue weighted by Gasteiger charge is 2.52. The molecule has 35 nitrogen and oxygen atoms in total. The number of hydrogen-bond acceptors (Lipinski definition) is 26. The maximum atomic E-state index is 16.3. The van der Waals surface area contributed by atoms with Gasteiger partial charge in [-0.15, -0.1) is 0 Å². The van der Waals surface area contributed by atoms with Gasteiger partial charge in [0.05, 0.1) is 47.9 Å². The molecule has 2 saturated heterocycles. The first-order chi connectivity index (χ1) is 55.0. The Labute approximate surface area is 674 Å². The number of nitrogens with one attached hydrogen (secondary N) is 9. The number of unbranched alkanes of at least 4 members (excludes halogenated alkanes) is 2. The van der Waals surface area contributed by atoms with Crippen molar-refractivity contribution < 1.29 is 118 Å². The number of halogens is 2. The van der Waals surface area contributed by atoms with Crippen molar-refractivity contribution >= 4 is 82.1 Å². The summed E-state index contributed by atoms with van der Waals surface area (Å²) in [5.41, 5.74) is 9.60. The Morgan fingerprint density at radius 3 is 1.94 bits per heavy atom. The van der Waals surface area contributed by atoms with E-state index in [4.69, 9.17) is 63.1 Å². The molecule has 6 aromatic carbocycles. The number of hydrogen-bond donors (Lipinski definition) is 20. The van der Waals surface area contributed by atoms with Gasteiger partial charge < -0.3 is 134 Å². The summed E-state index contributed by atoms with van der Waals surface area (Å²) in [5, 5.41) is 128. The zero-order valence-electron chi connectivity index (χ0n) is 63.6. The third-order valence-electron chi connectivity index (χ3n) is 20.5. The zero-order chi connectivity index (χ0) is 84.0. The van der Waals surface area contributed by atoms with Crippen LogP contribution in [0.2, 0.25) is 10.0 Å². The van der Waals surface area contributed by atoms with Crippen molar-refractivity contribution in [3.05, 3.63) is 147 Å². The number of rotatable bonds is 20. The number of fused-ring (bicyclic) bond motifs is 15. The van der Waals surface area contributed by atoms with Crippen LogP contribution in [0.25, 0.3) is 11.1 Å². The summed E-state index contributed by atoms with van der Waals surface area (Å²) >= 11 is 14.3. The number of phenolic OH excluding ortho intramolecular Hbond substituents is 3. The van der Waals surface area contributed by atoms with E-state index in [1.807, 2.05) is 26.0 Å². The quantitative estimate of drug-likeness (QED) is 0.0488. The predicted molar refractivity (Wildman–Crippen MR) is 413 cm³/mol. The van der Waals surface area contributed by atoms with Crippen LogP contribution in [0.3, 0.4) is 0 Å². The standard InChI is InChI=1S/C79H93Cl2N11O24/c1-7-8-9-10-35-11-16-40(17-12-35)86-56(98)31-85-73(106)61-43-27-41(94)28-49(96)58(43)42-22-36(13-18-48(42)95)59-74(107)92-63(77(110)90-61)65(100)38-15-20-51(45(81)24-38)113-53-26-39-25-52(68(53)116-78-69(67(102)66(101)54(32-93)114-78)115-57-30-79(5,83)70(103)34(4)111-57)112-50-19-14-37(23-44(50)80)64(99)62(91-71(104)46(84-6)21-33(2)3)76(109)87-47(29-55(82)97)72(105)88-60(39)75(108)89-59/h11-20,22-28,33-34,46-47,54,57,59-67,69-70,78,84,93-96,99-103H,7-10,21,29-32,83H2,1-6H3,(H2,82,97)(H,85,106)(H,86,98)(H,87,109)(H,88,105)(H,89,108)(H,90,110)(H,91,104)(H,92,107)/t34-,46+,47-,54+,57?,59+,60?,61?,62+,63-,64+,65+,66+,67-,69+,70+,78-,79-/m0/s1. The SMILES string of the molecule is CCCCCc1ccc(NC(=O)CNC(=O)C2NC(=O)[C@H]3NC(=O)[C@H](NC(=O)C4NC(=O)[C@H](CC(N)=O)NC(=O)[C@H](NC(=O)[C@@H](CC(C)C)NC)[C@H](O)c5ccc(c(Cl)c5)Oc5cc4cc(c5O[C@@H]4O[C@H](CO)[C@@H](O)[C@H](O)[C@H]4OC4C[C@](C)(N)[C@H](O)[C@H](C)O4)Oc4ccc(cc4Cl)[C@H]3O)c3ccc(O)c(c3)-c3c(O)cc(O)cc32)cc1. The van der Waals surface area contributed by atoms with Crippen LogP contribution in [-0.2, 0) is 63.8 Å². The molecule has 9 amide bonds. The molecule has 622 valence electrons. The van der Waals surface area contributed by atoms with Crippen LogP contribution in [0, 0.1) is 5.92 Å². The number of anilines is 1. The lowest BCUT2D eigenvalue weighted by Crippen LogP contribution is -2.64. The first kappa shape index (κ1) is 86.4. The minimum Gasteiger partial charge on any atom is -0.508 e. The molecule has 0 aromatic heterocycles. The van der Waals surface area contributed by atoms with Crippen molar-refractivity contribution in [3.8, 4) is 57.1 Å². The van der Waals surface area contributed by atoms with Gasteiger partial charge in [0.25, 0.3) is 0 Å². The maximum absolute atomic E-state index is 16.3.